The third-order valence-corrected chi connectivity index (χ3v) is 6.67. The predicted octanol–water partition coefficient (Wildman–Crippen LogP) is 2.47. The summed E-state index contributed by atoms with van der Waals surface area (Å²) in [5.41, 5.74) is 5.55. The van der Waals surface area contributed by atoms with Crippen molar-refractivity contribution in [1.82, 2.24) is 4.31 Å². The van der Waals surface area contributed by atoms with Crippen molar-refractivity contribution < 1.29 is 17.9 Å². The number of halogens is 1. The number of nitrogens with zero attached hydrogens (tertiary/aromatic N) is 1. The third-order valence-electron chi connectivity index (χ3n) is 3.60. The molecule has 0 spiro atoms. The molecule has 1 aromatic heterocycles. The standard InChI is InChI=1S/C15H20N2O4S2.ClH/c1-4-21-15(18)14-8-11-7-12(5-6-13(11)22-14)23(19,20)17(3)10(2)9-16;/h5-8,10H,4,9,16H2,1-3H3;1H. The summed E-state index contributed by atoms with van der Waals surface area (Å²) >= 11 is 1.28. The van der Waals surface area contributed by atoms with E-state index in [1.807, 2.05) is 0 Å². The smallest absolute Gasteiger partial charge is 0.348 e. The molecule has 0 saturated carbocycles. The largest absolute Gasteiger partial charge is 0.462 e. The van der Waals surface area contributed by atoms with Gasteiger partial charge in [-0.3, -0.25) is 0 Å². The first-order valence-electron chi connectivity index (χ1n) is 7.20. The highest BCUT2D eigenvalue weighted by atomic mass is 35.5. The highest BCUT2D eigenvalue weighted by Gasteiger charge is 2.25. The summed E-state index contributed by atoms with van der Waals surface area (Å²) in [7, 11) is -2.11. The fourth-order valence-corrected chi connectivity index (χ4v) is 4.38. The van der Waals surface area contributed by atoms with Gasteiger partial charge in [0.05, 0.1) is 11.5 Å². The van der Waals surface area contributed by atoms with E-state index in [4.69, 9.17) is 10.5 Å². The second-order valence-electron chi connectivity index (χ2n) is 5.14. The molecule has 1 heterocycles. The number of hydrogen-bond acceptors (Lipinski definition) is 6. The molecule has 0 amide bonds. The van der Waals surface area contributed by atoms with E-state index < -0.39 is 16.0 Å². The summed E-state index contributed by atoms with van der Waals surface area (Å²) in [6, 6.07) is 6.18. The van der Waals surface area contributed by atoms with E-state index in [0.717, 1.165) is 4.70 Å². The molecule has 2 rings (SSSR count). The van der Waals surface area contributed by atoms with Gasteiger partial charge >= 0.3 is 5.97 Å². The van der Waals surface area contributed by atoms with Gasteiger partial charge in [-0.05, 0) is 43.5 Å². The molecule has 1 unspecified atom stereocenters. The highest BCUT2D eigenvalue weighted by Crippen LogP contribution is 2.29. The van der Waals surface area contributed by atoms with Crippen molar-refractivity contribution in [3.63, 3.8) is 0 Å². The number of ether oxygens (including phenoxy) is 1. The molecule has 0 fully saturated rings. The van der Waals surface area contributed by atoms with Gasteiger partial charge < -0.3 is 10.5 Å². The highest BCUT2D eigenvalue weighted by molar-refractivity contribution is 7.89. The van der Waals surface area contributed by atoms with Crippen LogP contribution < -0.4 is 5.73 Å². The number of esters is 1. The Kier molecular flexibility index (Phi) is 7.18. The summed E-state index contributed by atoms with van der Waals surface area (Å²) in [4.78, 5) is 12.4. The molecule has 0 aliphatic rings. The van der Waals surface area contributed by atoms with Crippen molar-refractivity contribution in [1.29, 1.82) is 0 Å². The summed E-state index contributed by atoms with van der Waals surface area (Å²) in [6.45, 7) is 4.03. The van der Waals surface area contributed by atoms with Crippen LogP contribution in [0.15, 0.2) is 29.2 Å². The zero-order chi connectivity index (χ0) is 17.2. The number of carbonyl (C=O) groups is 1. The van der Waals surface area contributed by atoms with Crippen LogP contribution in [-0.2, 0) is 14.8 Å². The Balaban J connectivity index is 0.00000288. The molecule has 0 aliphatic heterocycles. The van der Waals surface area contributed by atoms with Gasteiger partial charge in [-0.15, -0.1) is 23.7 Å². The van der Waals surface area contributed by atoms with E-state index in [2.05, 4.69) is 0 Å². The van der Waals surface area contributed by atoms with Crippen LogP contribution in [0.2, 0.25) is 0 Å². The lowest BCUT2D eigenvalue weighted by molar-refractivity contribution is 0.0532. The van der Waals surface area contributed by atoms with Crippen LogP contribution in [0, 0.1) is 0 Å². The van der Waals surface area contributed by atoms with Crippen molar-refractivity contribution in [2.45, 2.75) is 24.8 Å². The maximum atomic E-state index is 12.6. The molecule has 2 N–H and O–H groups in total. The maximum absolute atomic E-state index is 12.6. The van der Waals surface area contributed by atoms with Gasteiger partial charge in [0.1, 0.15) is 4.88 Å². The van der Waals surface area contributed by atoms with Crippen molar-refractivity contribution in [3.8, 4) is 0 Å². The van der Waals surface area contributed by atoms with E-state index in [-0.39, 0.29) is 29.9 Å². The van der Waals surface area contributed by atoms with Crippen molar-refractivity contribution in [3.05, 3.63) is 29.1 Å². The van der Waals surface area contributed by atoms with Crippen LogP contribution in [0.5, 0.6) is 0 Å². The topological polar surface area (TPSA) is 89.7 Å². The Morgan fingerprint density at radius 3 is 2.62 bits per heavy atom. The van der Waals surface area contributed by atoms with Gasteiger partial charge in [-0.1, -0.05) is 0 Å². The number of sulfonamides is 1. The number of likely N-dealkylation sites (N-methyl/N-ethyl adjacent to an activating group) is 1. The minimum atomic E-state index is -3.62. The van der Waals surface area contributed by atoms with Gasteiger partial charge in [-0.2, -0.15) is 4.31 Å². The summed E-state index contributed by atoms with van der Waals surface area (Å²) in [6.07, 6.45) is 0. The number of benzene rings is 1. The molecule has 6 nitrogen and oxygen atoms in total. The SMILES string of the molecule is CCOC(=O)c1cc2cc(S(=O)(=O)N(C)C(C)CN)ccc2s1.Cl. The lowest BCUT2D eigenvalue weighted by Gasteiger charge is -2.23. The molecular weight excluding hydrogens is 372 g/mol. The Morgan fingerprint density at radius 1 is 1.38 bits per heavy atom. The maximum Gasteiger partial charge on any atom is 0.348 e. The van der Waals surface area contributed by atoms with Crippen LogP contribution in [0.4, 0.5) is 0 Å². The van der Waals surface area contributed by atoms with Crippen molar-refractivity contribution in [2.24, 2.45) is 5.73 Å². The van der Waals surface area contributed by atoms with Crippen LogP contribution >= 0.6 is 23.7 Å². The quantitative estimate of drug-likeness (QED) is 0.762. The monoisotopic (exact) mass is 392 g/mol. The van der Waals surface area contributed by atoms with Gasteiger partial charge in [0.15, 0.2) is 0 Å². The molecule has 1 atom stereocenters. The Labute approximate surface area is 152 Å². The Hall–Kier alpha value is -1.19. The second kappa shape index (κ2) is 8.26. The molecule has 0 bridgehead atoms. The van der Waals surface area contributed by atoms with Crippen molar-refractivity contribution in [2.75, 3.05) is 20.2 Å². The Bertz CT molecular complexity index is 820. The zero-order valence-electron chi connectivity index (χ0n) is 13.7. The van der Waals surface area contributed by atoms with Gasteiger partial charge in [0, 0.05) is 24.3 Å². The molecular formula is C15H21ClN2O4S2. The number of carbonyl (C=O) groups excluding carboxylic acids is 1. The summed E-state index contributed by atoms with van der Waals surface area (Å²) < 4.78 is 32.3. The lowest BCUT2D eigenvalue weighted by atomic mass is 10.2. The van der Waals surface area contributed by atoms with Gasteiger partial charge in [0.2, 0.25) is 10.0 Å². The molecule has 1 aromatic carbocycles. The lowest BCUT2D eigenvalue weighted by Crippen LogP contribution is -2.39. The molecule has 9 heteroatoms. The first-order chi connectivity index (χ1) is 10.8. The normalized spacial score (nSPS) is 12.9. The van der Waals surface area contributed by atoms with E-state index in [1.54, 1.807) is 38.1 Å². The fourth-order valence-electron chi connectivity index (χ4n) is 2.04. The van der Waals surface area contributed by atoms with E-state index >= 15 is 0 Å². The predicted molar refractivity (Wildman–Crippen MR) is 98.5 cm³/mol. The Morgan fingerprint density at radius 2 is 2.04 bits per heavy atom. The van der Waals surface area contributed by atoms with Crippen LogP contribution in [0.1, 0.15) is 23.5 Å². The third kappa shape index (κ3) is 4.07. The first kappa shape index (κ1) is 20.9. The van der Waals surface area contributed by atoms with Crippen LogP contribution in [0.3, 0.4) is 0 Å². The van der Waals surface area contributed by atoms with E-state index in [9.17, 15) is 13.2 Å². The van der Waals surface area contributed by atoms with E-state index in [0.29, 0.717) is 16.9 Å². The number of rotatable bonds is 6. The number of nitrogens with two attached hydrogens (primary N) is 1. The minimum absolute atomic E-state index is 0. The zero-order valence-corrected chi connectivity index (χ0v) is 16.1. The average molecular weight is 393 g/mol. The van der Waals surface area contributed by atoms with Crippen LogP contribution in [-0.4, -0.2) is 44.9 Å². The number of thiophene rings is 1. The molecule has 0 radical (unpaired) electrons. The first-order valence-corrected chi connectivity index (χ1v) is 9.45. The molecule has 0 saturated heterocycles. The number of hydrogen-bond donors (Lipinski definition) is 1. The van der Waals surface area contributed by atoms with E-state index in [1.165, 1.54) is 22.7 Å². The summed E-state index contributed by atoms with van der Waals surface area (Å²) in [5, 5.41) is 0.702. The molecule has 2 aromatic rings. The van der Waals surface area contributed by atoms with Crippen LogP contribution in [0.25, 0.3) is 10.1 Å². The second-order valence-corrected chi connectivity index (χ2v) is 8.22. The van der Waals surface area contributed by atoms with Crippen molar-refractivity contribution >= 4 is 49.8 Å². The molecule has 134 valence electrons. The fraction of sp³-hybridized carbons (Fsp3) is 0.400. The van der Waals surface area contributed by atoms with Gasteiger partial charge in [0.25, 0.3) is 0 Å². The molecule has 0 aliphatic carbocycles. The average Bonchev–Trinajstić information content (AvgIpc) is 2.96. The molecule has 24 heavy (non-hydrogen) atoms. The number of fused-ring (bicyclic) bond motifs is 1. The van der Waals surface area contributed by atoms with Gasteiger partial charge in [-0.25, -0.2) is 13.2 Å². The minimum Gasteiger partial charge on any atom is -0.462 e. The summed E-state index contributed by atoms with van der Waals surface area (Å²) in [5.74, 6) is -0.396.